The van der Waals surface area contributed by atoms with E-state index in [-0.39, 0.29) is 23.9 Å². The maximum absolute atomic E-state index is 11.8. The molecule has 1 rings (SSSR count). The van der Waals surface area contributed by atoms with Gasteiger partial charge in [-0.05, 0) is 33.6 Å². The maximum atomic E-state index is 11.8. The summed E-state index contributed by atoms with van der Waals surface area (Å²) < 4.78 is 5.48. The number of hydrogen-bond acceptors (Lipinski definition) is 3. The maximum Gasteiger partial charge on any atom is 0.162 e. The minimum absolute atomic E-state index is 0.0982. The van der Waals surface area contributed by atoms with E-state index in [4.69, 9.17) is 4.74 Å². The SMILES string of the molecule is C=C1CC(C(=O)COC(C)(C)C)CCN1. The highest BCUT2D eigenvalue weighted by Gasteiger charge is 2.24. The van der Waals surface area contributed by atoms with Gasteiger partial charge in [0.05, 0.1) is 5.60 Å². The molecule has 0 aliphatic carbocycles. The second-order valence-electron chi connectivity index (χ2n) is 5.09. The predicted octanol–water partition coefficient (Wildman–Crippen LogP) is 1.88. The van der Waals surface area contributed by atoms with Crippen LogP contribution in [-0.4, -0.2) is 24.5 Å². The molecular formula is C12H21NO2. The zero-order chi connectivity index (χ0) is 11.5. The van der Waals surface area contributed by atoms with Crippen molar-refractivity contribution in [2.75, 3.05) is 13.2 Å². The Labute approximate surface area is 91.9 Å². The summed E-state index contributed by atoms with van der Waals surface area (Å²) in [5.74, 6) is 0.300. The van der Waals surface area contributed by atoms with Crippen molar-refractivity contribution in [3.8, 4) is 0 Å². The Bertz CT molecular complexity index is 253. The zero-order valence-electron chi connectivity index (χ0n) is 9.93. The average molecular weight is 211 g/mol. The molecule has 0 aromatic rings. The van der Waals surface area contributed by atoms with Crippen molar-refractivity contribution in [3.63, 3.8) is 0 Å². The number of rotatable bonds is 3. The Morgan fingerprint density at radius 3 is 2.80 bits per heavy atom. The summed E-state index contributed by atoms with van der Waals surface area (Å²) in [6.45, 7) is 10.8. The molecule has 0 amide bonds. The summed E-state index contributed by atoms with van der Waals surface area (Å²) in [4.78, 5) is 11.8. The van der Waals surface area contributed by atoms with E-state index in [2.05, 4.69) is 11.9 Å². The van der Waals surface area contributed by atoms with Gasteiger partial charge in [0.2, 0.25) is 0 Å². The van der Waals surface area contributed by atoms with Crippen LogP contribution in [0.25, 0.3) is 0 Å². The van der Waals surface area contributed by atoms with Crippen LogP contribution in [-0.2, 0) is 9.53 Å². The Balaban J connectivity index is 2.36. The number of piperidine rings is 1. The van der Waals surface area contributed by atoms with Gasteiger partial charge in [-0.2, -0.15) is 0 Å². The highest BCUT2D eigenvalue weighted by atomic mass is 16.5. The summed E-state index contributed by atoms with van der Waals surface area (Å²) in [5, 5.41) is 3.15. The molecule has 1 aliphatic rings. The molecule has 0 saturated carbocycles. The monoisotopic (exact) mass is 211 g/mol. The van der Waals surface area contributed by atoms with Crippen LogP contribution in [0.4, 0.5) is 0 Å². The largest absolute Gasteiger partial charge is 0.389 e. The van der Waals surface area contributed by atoms with Crippen LogP contribution >= 0.6 is 0 Å². The highest BCUT2D eigenvalue weighted by molar-refractivity contribution is 5.82. The molecule has 0 spiro atoms. The van der Waals surface area contributed by atoms with E-state index < -0.39 is 0 Å². The van der Waals surface area contributed by atoms with Gasteiger partial charge in [0.15, 0.2) is 5.78 Å². The number of carbonyl (C=O) groups is 1. The van der Waals surface area contributed by atoms with Crippen LogP contribution in [0.15, 0.2) is 12.3 Å². The van der Waals surface area contributed by atoms with E-state index in [0.717, 1.165) is 25.1 Å². The first-order chi connectivity index (χ1) is 6.88. The molecule has 0 radical (unpaired) electrons. The van der Waals surface area contributed by atoms with E-state index in [1.165, 1.54) is 0 Å². The van der Waals surface area contributed by atoms with Crippen LogP contribution in [0.2, 0.25) is 0 Å². The van der Waals surface area contributed by atoms with Gasteiger partial charge in [0, 0.05) is 18.2 Å². The van der Waals surface area contributed by atoms with E-state index >= 15 is 0 Å². The number of hydrogen-bond donors (Lipinski definition) is 1. The lowest BCUT2D eigenvalue weighted by Crippen LogP contribution is -2.33. The quantitative estimate of drug-likeness (QED) is 0.774. The fraction of sp³-hybridized carbons (Fsp3) is 0.750. The molecule has 1 heterocycles. The second-order valence-corrected chi connectivity index (χ2v) is 5.09. The smallest absolute Gasteiger partial charge is 0.162 e. The predicted molar refractivity (Wildman–Crippen MR) is 60.6 cm³/mol. The number of nitrogens with one attached hydrogen (secondary N) is 1. The van der Waals surface area contributed by atoms with Crippen LogP contribution < -0.4 is 5.32 Å². The van der Waals surface area contributed by atoms with Crippen molar-refractivity contribution < 1.29 is 9.53 Å². The van der Waals surface area contributed by atoms with Crippen LogP contribution in [0.1, 0.15) is 33.6 Å². The van der Waals surface area contributed by atoms with Gasteiger partial charge in [-0.25, -0.2) is 0 Å². The van der Waals surface area contributed by atoms with Crippen molar-refractivity contribution in [2.45, 2.75) is 39.2 Å². The Morgan fingerprint density at radius 1 is 1.60 bits per heavy atom. The number of Topliss-reactive ketones (excluding diaryl/α,β-unsaturated/α-hetero) is 1. The van der Waals surface area contributed by atoms with Crippen LogP contribution in [0.5, 0.6) is 0 Å². The van der Waals surface area contributed by atoms with Crippen molar-refractivity contribution in [1.29, 1.82) is 0 Å². The fourth-order valence-corrected chi connectivity index (χ4v) is 1.58. The Morgan fingerprint density at radius 2 is 2.27 bits per heavy atom. The molecule has 0 aromatic heterocycles. The summed E-state index contributed by atoms with van der Waals surface area (Å²) in [6.07, 6.45) is 1.65. The highest BCUT2D eigenvalue weighted by Crippen LogP contribution is 2.19. The van der Waals surface area contributed by atoms with Crippen molar-refractivity contribution in [1.82, 2.24) is 5.32 Å². The Kier molecular flexibility index (Phi) is 3.91. The number of ether oxygens (including phenoxy) is 1. The third-order valence-corrected chi connectivity index (χ3v) is 2.46. The number of allylic oxidation sites excluding steroid dienone is 1. The minimum Gasteiger partial charge on any atom is -0.389 e. The molecule has 1 unspecified atom stereocenters. The van der Waals surface area contributed by atoms with Gasteiger partial charge in [0.1, 0.15) is 6.61 Å². The first-order valence-corrected chi connectivity index (χ1v) is 5.47. The molecule has 86 valence electrons. The standard InChI is InChI=1S/C12H21NO2/c1-9-7-10(5-6-13-9)11(14)8-15-12(2,3)4/h10,13H,1,5-8H2,2-4H3. The fourth-order valence-electron chi connectivity index (χ4n) is 1.58. The first kappa shape index (κ1) is 12.2. The second kappa shape index (κ2) is 4.79. The van der Waals surface area contributed by atoms with Crippen molar-refractivity contribution >= 4 is 5.78 Å². The third kappa shape index (κ3) is 4.47. The lowest BCUT2D eigenvalue weighted by Gasteiger charge is -2.26. The lowest BCUT2D eigenvalue weighted by molar-refractivity contribution is -0.132. The van der Waals surface area contributed by atoms with Gasteiger partial charge in [-0.15, -0.1) is 0 Å². The van der Waals surface area contributed by atoms with Gasteiger partial charge in [-0.1, -0.05) is 6.58 Å². The molecule has 1 fully saturated rings. The van der Waals surface area contributed by atoms with E-state index in [9.17, 15) is 4.79 Å². The summed E-state index contributed by atoms with van der Waals surface area (Å²) in [7, 11) is 0. The molecule has 1 atom stereocenters. The van der Waals surface area contributed by atoms with Gasteiger partial charge >= 0.3 is 0 Å². The molecule has 1 aliphatic heterocycles. The first-order valence-electron chi connectivity index (χ1n) is 5.47. The molecule has 1 saturated heterocycles. The van der Waals surface area contributed by atoms with Gasteiger partial charge in [0.25, 0.3) is 0 Å². The number of ketones is 1. The molecule has 0 aromatic carbocycles. The zero-order valence-corrected chi connectivity index (χ0v) is 9.93. The lowest BCUT2D eigenvalue weighted by atomic mass is 9.92. The molecule has 3 nitrogen and oxygen atoms in total. The van der Waals surface area contributed by atoms with Crippen LogP contribution in [0.3, 0.4) is 0 Å². The molecule has 1 N–H and O–H groups in total. The third-order valence-electron chi connectivity index (χ3n) is 2.46. The molecule has 3 heteroatoms. The topological polar surface area (TPSA) is 38.3 Å². The van der Waals surface area contributed by atoms with Crippen LogP contribution in [0, 0.1) is 5.92 Å². The van der Waals surface area contributed by atoms with E-state index in [1.54, 1.807) is 0 Å². The molecule has 15 heavy (non-hydrogen) atoms. The number of carbonyl (C=O) groups excluding carboxylic acids is 1. The summed E-state index contributed by atoms with van der Waals surface area (Å²) in [6, 6.07) is 0. The van der Waals surface area contributed by atoms with Gasteiger partial charge < -0.3 is 10.1 Å². The average Bonchev–Trinajstić information content (AvgIpc) is 2.13. The Hall–Kier alpha value is -0.830. The summed E-state index contributed by atoms with van der Waals surface area (Å²) in [5.41, 5.74) is 0.731. The normalized spacial score (nSPS) is 22.3. The van der Waals surface area contributed by atoms with Gasteiger partial charge in [-0.3, -0.25) is 4.79 Å². The molecular weight excluding hydrogens is 190 g/mol. The minimum atomic E-state index is -0.237. The van der Waals surface area contributed by atoms with E-state index in [1.807, 2.05) is 20.8 Å². The van der Waals surface area contributed by atoms with E-state index in [0.29, 0.717) is 0 Å². The van der Waals surface area contributed by atoms with Crippen molar-refractivity contribution in [3.05, 3.63) is 12.3 Å². The van der Waals surface area contributed by atoms with Crippen molar-refractivity contribution in [2.24, 2.45) is 5.92 Å². The summed E-state index contributed by atoms with van der Waals surface area (Å²) >= 11 is 0. The molecule has 0 bridgehead atoms.